The summed E-state index contributed by atoms with van der Waals surface area (Å²) in [5.41, 5.74) is 0.393. The maximum absolute atomic E-state index is 12.9. The molecule has 9 heteroatoms. The van der Waals surface area contributed by atoms with E-state index in [1.54, 1.807) is 0 Å². The van der Waals surface area contributed by atoms with Crippen LogP contribution >= 0.6 is 0 Å². The molecule has 0 aromatic heterocycles. The van der Waals surface area contributed by atoms with E-state index in [-0.39, 0.29) is 10.5 Å². The van der Waals surface area contributed by atoms with Crippen LogP contribution in [0.5, 0.6) is 0 Å². The third kappa shape index (κ3) is 4.99. The van der Waals surface area contributed by atoms with Crippen molar-refractivity contribution in [2.45, 2.75) is 30.8 Å². The van der Waals surface area contributed by atoms with E-state index in [1.165, 1.54) is 59.8 Å². The smallest absolute Gasteiger partial charge is 0.338 e. The molecule has 1 aliphatic rings. The Balaban J connectivity index is 1.67. The minimum Gasteiger partial charge on any atom is -0.449 e. The van der Waals surface area contributed by atoms with Crippen LogP contribution in [0.4, 0.5) is 10.1 Å². The molecule has 154 valence electrons. The lowest BCUT2D eigenvalue weighted by Gasteiger charge is -2.16. The van der Waals surface area contributed by atoms with Gasteiger partial charge in [-0.05, 0) is 62.2 Å². The molecule has 0 saturated carbocycles. The predicted octanol–water partition coefficient (Wildman–Crippen LogP) is 2.79. The van der Waals surface area contributed by atoms with Crippen LogP contribution in [-0.2, 0) is 19.6 Å². The fourth-order valence-electron chi connectivity index (χ4n) is 2.92. The second kappa shape index (κ2) is 8.71. The Morgan fingerprint density at radius 2 is 1.76 bits per heavy atom. The van der Waals surface area contributed by atoms with Gasteiger partial charge in [-0.15, -0.1) is 0 Å². The zero-order valence-electron chi connectivity index (χ0n) is 15.8. The highest BCUT2D eigenvalue weighted by Crippen LogP contribution is 2.22. The van der Waals surface area contributed by atoms with Crippen LogP contribution in [0.15, 0.2) is 53.4 Å². The van der Waals surface area contributed by atoms with E-state index in [2.05, 4.69) is 5.32 Å². The maximum Gasteiger partial charge on any atom is 0.338 e. The van der Waals surface area contributed by atoms with Crippen molar-refractivity contribution in [3.8, 4) is 0 Å². The largest absolute Gasteiger partial charge is 0.449 e. The van der Waals surface area contributed by atoms with Gasteiger partial charge in [-0.1, -0.05) is 6.07 Å². The number of nitrogens with zero attached hydrogens (tertiary/aromatic N) is 1. The molecule has 0 bridgehead atoms. The van der Waals surface area contributed by atoms with Crippen molar-refractivity contribution >= 4 is 27.6 Å². The highest BCUT2D eigenvalue weighted by atomic mass is 32.2. The number of amides is 1. The molecular formula is C20H21FN2O5S. The fourth-order valence-corrected chi connectivity index (χ4v) is 4.48. The summed E-state index contributed by atoms with van der Waals surface area (Å²) in [7, 11) is -3.67. The van der Waals surface area contributed by atoms with Gasteiger partial charge in [0, 0.05) is 18.8 Å². The number of rotatable bonds is 6. The van der Waals surface area contributed by atoms with Crippen molar-refractivity contribution in [2.24, 2.45) is 0 Å². The van der Waals surface area contributed by atoms with Crippen LogP contribution < -0.4 is 5.32 Å². The SMILES string of the molecule is C[C@H](OC(=O)c1cccc(S(=O)(=O)N2CCCC2)c1)C(=O)Nc1ccc(F)cc1. The number of esters is 1. The molecule has 29 heavy (non-hydrogen) atoms. The fraction of sp³-hybridized carbons (Fsp3) is 0.300. The molecule has 3 rings (SSSR count). The number of carbonyl (C=O) groups is 2. The van der Waals surface area contributed by atoms with Crippen molar-refractivity contribution in [1.29, 1.82) is 0 Å². The van der Waals surface area contributed by atoms with Gasteiger partial charge in [0.2, 0.25) is 10.0 Å². The van der Waals surface area contributed by atoms with Crippen LogP contribution in [0.25, 0.3) is 0 Å². The molecule has 7 nitrogen and oxygen atoms in total. The summed E-state index contributed by atoms with van der Waals surface area (Å²) in [6.07, 6.45) is 0.481. The maximum atomic E-state index is 12.9. The number of nitrogens with one attached hydrogen (secondary N) is 1. The molecule has 1 saturated heterocycles. The third-order valence-electron chi connectivity index (χ3n) is 4.54. The molecule has 0 radical (unpaired) electrons. The summed E-state index contributed by atoms with van der Waals surface area (Å²) in [6, 6.07) is 10.7. The highest BCUT2D eigenvalue weighted by molar-refractivity contribution is 7.89. The van der Waals surface area contributed by atoms with E-state index in [1.807, 2.05) is 0 Å². The summed E-state index contributed by atoms with van der Waals surface area (Å²) in [6.45, 7) is 2.30. The Kier molecular flexibility index (Phi) is 6.29. The average Bonchev–Trinajstić information content (AvgIpc) is 3.25. The number of ether oxygens (including phenoxy) is 1. The van der Waals surface area contributed by atoms with Crippen molar-refractivity contribution < 1.29 is 27.1 Å². The lowest BCUT2D eigenvalue weighted by Crippen LogP contribution is -2.30. The standard InChI is InChI=1S/C20H21FN2O5S/c1-14(19(24)22-17-9-7-16(21)8-10-17)28-20(25)15-5-4-6-18(13-15)29(26,27)23-11-2-3-12-23/h4-10,13-14H,2-3,11-12H2,1H3,(H,22,24)/t14-/m0/s1. The second-order valence-corrected chi connectivity index (χ2v) is 8.62. The minimum atomic E-state index is -3.67. The molecule has 1 fully saturated rings. The summed E-state index contributed by atoms with van der Waals surface area (Å²) < 4.78 is 44.8. The topological polar surface area (TPSA) is 92.8 Å². The van der Waals surface area contributed by atoms with Gasteiger partial charge in [0.1, 0.15) is 5.82 Å². The molecule has 0 aliphatic carbocycles. The Hall–Kier alpha value is -2.78. The third-order valence-corrected chi connectivity index (χ3v) is 6.43. The molecule has 1 N–H and O–H groups in total. The summed E-state index contributed by atoms with van der Waals surface area (Å²) in [4.78, 5) is 24.6. The first-order chi connectivity index (χ1) is 13.8. The number of anilines is 1. The number of sulfonamides is 1. The van der Waals surface area contributed by atoms with Gasteiger partial charge in [0.25, 0.3) is 5.91 Å². The quantitative estimate of drug-likeness (QED) is 0.726. The highest BCUT2D eigenvalue weighted by Gasteiger charge is 2.28. The summed E-state index contributed by atoms with van der Waals surface area (Å²) >= 11 is 0. The van der Waals surface area contributed by atoms with E-state index in [4.69, 9.17) is 4.74 Å². The van der Waals surface area contributed by atoms with Gasteiger partial charge in [-0.2, -0.15) is 4.31 Å². The Bertz CT molecular complexity index is 1000. The van der Waals surface area contributed by atoms with Crippen LogP contribution in [-0.4, -0.2) is 43.8 Å². The Labute approximate surface area is 168 Å². The minimum absolute atomic E-state index is 0.0114. The average molecular weight is 420 g/mol. The normalized spacial score (nSPS) is 15.7. The van der Waals surface area contributed by atoms with Gasteiger partial charge < -0.3 is 10.1 Å². The summed E-state index contributed by atoms with van der Waals surface area (Å²) in [5.74, 6) is -1.85. The molecule has 1 atom stereocenters. The molecule has 0 unspecified atom stereocenters. The molecule has 1 heterocycles. The lowest BCUT2D eigenvalue weighted by molar-refractivity contribution is -0.123. The monoisotopic (exact) mass is 420 g/mol. The van der Waals surface area contributed by atoms with Crippen molar-refractivity contribution in [3.63, 3.8) is 0 Å². The zero-order chi connectivity index (χ0) is 21.0. The van der Waals surface area contributed by atoms with Gasteiger partial charge in [0.05, 0.1) is 10.5 Å². The van der Waals surface area contributed by atoms with Crippen LogP contribution in [0.1, 0.15) is 30.1 Å². The molecular weight excluding hydrogens is 399 g/mol. The molecule has 2 aromatic carbocycles. The van der Waals surface area contributed by atoms with Crippen LogP contribution in [0, 0.1) is 5.82 Å². The number of halogens is 1. The molecule has 1 aliphatic heterocycles. The van der Waals surface area contributed by atoms with Gasteiger partial charge in [-0.3, -0.25) is 4.79 Å². The first-order valence-electron chi connectivity index (χ1n) is 9.15. The van der Waals surface area contributed by atoms with Crippen molar-refractivity contribution in [1.82, 2.24) is 4.31 Å². The molecule has 1 amide bonds. The zero-order valence-corrected chi connectivity index (χ0v) is 16.6. The van der Waals surface area contributed by atoms with E-state index < -0.39 is 33.8 Å². The number of hydrogen-bond acceptors (Lipinski definition) is 5. The predicted molar refractivity (Wildman–Crippen MR) is 104 cm³/mol. The van der Waals surface area contributed by atoms with Crippen molar-refractivity contribution in [2.75, 3.05) is 18.4 Å². The number of benzene rings is 2. The van der Waals surface area contributed by atoms with Gasteiger partial charge in [0.15, 0.2) is 6.10 Å². The Morgan fingerprint density at radius 3 is 2.41 bits per heavy atom. The molecule has 0 spiro atoms. The van der Waals surface area contributed by atoms with E-state index in [0.29, 0.717) is 18.8 Å². The van der Waals surface area contributed by atoms with Crippen LogP contribution in [0.2, 0.25) is 0 Å². The molecule has 2 aromatic rings. The number of hydrogen-bond donors (Lipinski definition) is 1. The van der Waals surface area contributed by atoms with Crippen molar-refractivity contribution in [3.05, 3.63) is 59.9 Å². The second-order valence-electron chi connectivity index (χ2n) is 6.68. The Morgan fingerprint density at radius 1 is 1.10 bits per heavy atom. The lowest BCUT2D eigenvalue weighted by atomic mass is 10.2. The van der Waals surface area contributed by atoms with Gasteiger partial charge >= 0.3 is 5.97 Å². The van der Waals surface area contributed by atoms with E-state index >= 15 is 0 Å². The van der Waals surface area contributed by atoms with Crippen LogP contribution in [0.3, 0.4) is 0 Å². The van der Waals surface area contributed by atoms with Gasteiger partial charge in [-0.25, -0.2) is 17.6 Å². The first-order valence-corrected chi connectivity index (χ1v) is 10.6. The van der Waals surface area contributed by atoms with E-state index in [9.17, 15) is 22.4 Å². The van der Waals surface area contributed by atoms with E-state index in [0.717, 1.165) is 12.8 Å². The first kappa shape index (κ1) is 20.9. The summed E-state index contributed by atoms with van der Waals surface area (Å²) in [5, 5.41) is 2.51. The number of carbonyl (C=O) groups excluding carboxylic acids is 2.